The van der Waals surface area contributed by atoms with Crippen molar-refractivity contribution in [2.24, 2.45) is 0 Å². The summed E-state index contributed by atoms with van der Waals surface area (Å²) in [5.41, 5.74) is 3.14. The first-order chi connectivity index (χ1) is 16.5. The predicted octanol–water partition coefficient (Wildman–Crippen LogP) is 6.46. The van der Waals surface area contributed by atoms with Gasteiger partial charge in [-0.3, -0.25) is 4.98 Å². The number of halogens is 3. The second-order valence-electron chi connectivity index (χ2n) is 8.46. The van der Waals surface area contributed by atoms with Crippen LogP contribution in [0.1, 0.15) is 29.2 Å². The number of hydrogen-bond donors (Lipinski definition) is 0. The van der Waals surface area contributed by atoms with E-state index in [-0.39, 0.29) is 10.4 Å². The van der Waals surface area contributed by atoms with E-state index < -0.39 is 21.8 Å². The summed E-state index contributed by atoms with van der Waals surface area (Å²) in [5, 5.41) is 0.438. The van der Waals surface area contributed by atoms with E-state index in [0.29, 0.717) is 23.9 Å². The maximum Gasteiger partial charge on any atom is 0.418 e. The summed E-state index contributed by atoms with van der Waals surface area (Å²) < 4.78 is 67.4. The van der Waals surface area contributed by atoms with Crippen molar-refractivity contribution in [1.82, 2.24) is 9.29 Å². The zero-order valence-electron chi connectivity index (χ0n) is 19.6. The molecule has 0 bridgehead atoms. The Morgan fingerprint density at radius 1 is 0.943 bits per heavy atom. The van der Waals surface area contributed by atoms with Crippen LogP contribution in [0.25, 0.3) is 22.0 Å². The third kappa shape index (κ3) is 4.94. The van der Waals surface area contributed by atoms with Gasteiger partial charge in [0.2, 0.25) is 10.0 Å². The van der Waals surface area contributed by atoms with Crippen LogP contribution in [0.4, 0.5) is 13.2 Å². The summed E-state index contributed by atoms with van der Waals surface area (Å²) in [6, 6.07) is 18.5. The smallest absolute Gasteiger partial charge is 0.255 e. The monoisotopic (exact) mass is 498 g/mol. The van der Waals surface area contributed by atoms with Gasteiger partial charge in [-0.15, -0.1) is 0 Å². The minimum absolute atomic E-state index is 0.0797. The van der Waals surface area contributed by atoms with Crippen molar-refractivity contribution in [2.45, 2.75) is 31.3 Å². The van der Waals surface area contributed by atoms with Crippen molar-refractivity contribution >= 4 is 20.9 Å². The maximum atomic E-state index is 13.6. The summed E-state index contributed by atoms with van der Waals surface area (Å²) in [6.07, 6.45) is -2.56. The first-order valence-corrected chi connectivity index (χ1v) is 12.6. The number of nitrogens with zero attached hydrogens (tertiary/aromatic N) is 2. The highest BCUT2D eigenvalue weighted by molar-refractivity contribution is 7.89. The first-order valence-electron chi connectivity index (χ1n) is 11.1. The molecule has 8 heteroatoms. The fourth-order valence-corrected chi connectivity index (χ4v) is 5.42. The minimum Gasteiger partial charge on any atom is -0.255 e. The zero-order valence-corrected chi connectivity index (χ0v) is 20.4. The lowest BCUT2D eigenvalue weighted by Gasteiger charge is -2.16. The highest BCUT2D eigenvalue weighted by Gasteiger charge is 2.33. The molecule has 0 fully saturated rings. The average molecular weight is 499 g/mol. The number of fused-ring (bicyclic) bond motifs is 1. The quantitative estimate of drug-likeness (QED) is 0.307. The summed E-state index contributed by atoms with van der Waals surface area (Å²) in [6.45, 7) is 3.96. The minimum atomic E-state index is -4.50. The molecule has 0 saturated carbocycles. The van der Waals surface area contributed by atoms with E-state index >= 15 is 0 Å². The van der Waals surface area contributed by atoms with Crippen LogP contribution < -0.4 is 0 Å². The van der Waals surface area contributed by atoms with Crippen molar-refractivity contribution in [3.63, 3.8) is 0 Å². The van der Waals surface area contributed by atoms with Crippen molar-refractivity contribution in [1.29, 1.82) is 0 Å². The van der Waals surface area contributed by atoms with Crippen molar-refractivity contribution in [2.75, 3.05) is 13.6 Å². The molecule has 0 radical (unpaired) electrons. The average Bonchev–Trinajstić information content (AvgIpc) is 2.82. The van der Waals surface area contributed by atoms with Gasteiger partial charge < -0.3 is 0 Å². The molecule has 0 aliphatic heterocycles. The molecule has 0 unspecified atom stereocenters. The van der Waals surface area contributed by atoms with E-state index in [4.69, 9.17) is 0 Å². The van der Waals surface area contributed by atoms with Gasteiger partial charge in [-0.1, -0.05) is 55.5 Å². The van der Waals surface area contributed by atoms with Crippen LogP contribution in [-0.2, 0) is 22.6 Å². The van der Waals surface area contributed by atoms with Crippen LogP contribution >= 0.6 is 0 Å². The number of pyridine rings is 1. The Kier molecular flexibility index (Phi) is 6.71. The summed E-state index contributed by atoms with van der Waals surface area (Å²) >= 11 is 0. The Labute approximate surface area is 203 Å². The molecule has 4 rings (SSSR count). The molecule has 4 nitrogen and oxygen atoms in total. The number of alkyl halides is 3. The van der Waals surface area contributed by atoms with E-state index in [1.54, 1.807) is 31.2 Å². The second-order valence-corrected chi connectivity index (χ2v) is 10.5. The third-order valence-electron chi connectivity index (χ3n) is 6.07. The lowest BCUT2D eigenvalue weighted by Crippen LogP contribution is -2.26. The Morgan fingerprint density at radius 3 is 2.29 bits per heavy atom. The molecule has 0 aliphatic rings. The molecule has 0 N–H and O–H groups in total. The number of benzene rings is 3. The van der Waals surface area contributed by atoms with E-state index in [1.807, 2.05) is 37.3 Å². The van der Waals surface area contributed by atoms with E-state index in [1.165, 1.54) is 23.6 Å². The lowest BCUT2D eigenvalue weighted by molar-refractivity contribution is -0.136. The topological polar surface area (TPSA) is 50.3 Å². The second kappa shape index (κ2) is 9.43. The van der Waals surface area contributed by atoms with E-state index in [2.05, 4.69) is 4.98 Å². The number of sulfonamides is 1. The fourth-order valence-electron chi connectivity index (χ4n) is 4.17. The van der Waals surface area contributed by atoms with Gasteiger partial charge in [-0.25, -0.2) is 12.7 Å². The Bertz CT molecular complexity index is 1500. The molecule has 1 aromatic heterocycles. The van der Waals surface area contributed by atoms with Crippen LogP contribution in [0, 0.1) is 6.92 Å². The first kappa shape index (κ1) is 24.9. The maximum absolute atomic E-state index is 13.6. The molecule has 35 heavy (non-hydrogen) atoms. The summed E-state index contributed by atoms with van der Waals surface area (Å²) in [5.74, 6) is 0. The van der Waals surface area contributed by atoms with Crippen LogP contribution in [-0.4, -0.2) is 31.3 Å². The molecule has 0 amide bonds. The summed E-state index contributed by atoms with van der Waals surface area (Å²) in [4.78, 5) is 4.32. The molecule has 3 aromatic carbocycles. The van der Waals surface area contributed by atoms with Crippen molar-refractivity contribution < 1.29 is 21.6 Å². The van der Waals surface area contributed by atoms with Gasteiger partial charge in [0.1, 0.15) is 0 Å². The standard InChI is InChI=1S/C27H25F3N2O2S/c1-4-32(3)35(33,34)22-11-6-9-20(16-22)14-19-8-5-10-21(15-19)25-18(2)17-31-26-23(25)12-7-13-24(26)27(28,29)30/h5-13,15-17H,4,14H2,1-3H3. The summed E-state index contributed by atoms with van der Waals surface area (Å²) in [7, 11) is -2.03. The molecule has 0 atom stereocenters. The molecule has 182 valence electrons. The molecular formula is C27H25F3N2O2S. The van der Waals surface area contributed by atoms with E-state index in [0.717, 1.165) is 28.3 Å². The van der Waals surface area contributed by atoms with Gasteiger partial charge in [0.15, 0.2) is 0 Å². The molecule has 0 spiro atoms. The van der Waals surface area contributed by atoms with Crippen LogP contribution in [0.15, 0.2) is 77.8 Å². The number of aryl methyl sites for hydroxylation is 1. The van der Waals surface area contributed by atoms with Gasteiger partial charge in [0, 0.05) is 25.2 Å². The van der Waals surface area contributed by atoms with Gasteiger partial charge in [-0.05, 0) is 59.4 Å². The molecule has 0 aliphatic carbocycles. The normalized spacial score (nSPS) is 12.4. The molecular weight excluding hydrogens is 473 g/mol. The predicted molar refractivity (Wildman–Crippen MR) is 132 cm³/mol. The number of rotatable bonds is 6. The Hall–Kier alpha value is -3.23. The van der Waals surface area contributed by atoms with Crippen LogP contribution in [0.5, 0.6) is 0 Å². The van der Waals surface area contributed by atoms with Crippen LogP contribution in [0.3, 0.4) is 0 Å². The van der Waals surface area contributed by atoms with Crippen LogP contribution in [0.2, 0.25) is 0 Å². The highest BCUT2D eigenvalue weighted by atomic mass is 32.2. The van der Waals surface area contributed by atoms with Gasteiger partial charge >= 0.3 is 6.18 Å². The Balaban J connectivity index is 1.75. The zero-order chi connectivity index (χ0) is 25.4. The molecule has 4 aromatic rings. The van der Waals surface area contributed by atoms with Gasteiger partial charge in [0.25, 0.3) is 0 Å². The number of aromatic nitrogens is 1. The van der Waals surface area contributed by atoms with Gasteiger partial charge in [0.05, 0.1) is 16.0 Å². The largest absolute Gasteiger partial charge is 0.418 e. The molecule has 1 heterocycles. The lowest BCUT2D eigenvalue weighted by atomic mass is 9.93. The third-order valence-corrected chi connectivity index (χ3v) is 8.00. The molecule has 0 saturated heterocycles. The number of para-hydroxylation sites is 1. The van der Waals surface area contributed by atoms with Crippen molar-refractivity contribution in [3.05, 3.63) is 95.2 Å². The fraction of sp³-hybridized carbons (Fsp3) is 0.222. The SMILES string of the molecule is CCN(C)S(=O)(=O)c1cccc(Cc2cccc(-c3c(C)cnc4c(C(F)(F)F)cccc34)c2)c1. The van der Waals surface area contributed by atoms with Crippen molar-refractivity contribution in [3.8, 4) is 11.1 Å². The van der Waals surface area contributed by atoms with E-state index in [9.17, 15) is 21.6 Å². The van der Waals surface area contributed by atoms with Gasteiger partial charge in [-0.2, -0.15) is 13.2 Å². The number of hydrogen-bond acceptors (Lipinski definition) is 3. The Morgan fingerprint density at radius 2 is 1.60 bits per heavy atom. The highest BCUT2D eigenvalue weighted by Crippen LogP contribution is 2.38.